The minimum Gasteiger partial charge on any atom is -0.307 e. The number of carbonyl (C=O) groups excluding carboxylic acids is 1. The van der Waals surface area contributed by atoms with Crippen LogP contribution in [0.5, 0.6) is 0 Å². The summed E-state index contributed by atoms with van der Waals surface area (Å²) >= 11 is 8.45. The highest BCUT2D eigenvalue weighted by molar-refractivity contribution is 14.1. The van der Waals surface area contributed by atoms with Gasteiger partial charge in [-0.3, -0.25) is 4.79 Å². The van der Waals surface area contributed by atoms with Crippen LogP contribution in [0.1, 0.15) is 5.56 Å². The summed E-state index contributed by atoms with van der Waals surface area (Å²) in [7, 11) is 0. The van der Waals surface area contributed by atoms with Crippen LogP contribution < -0.4 is 5.32 Å². The number of rotatable bonds is 1. The fourth-order valence-electron chi connectivity index (χ4n) is 1.17. The number of thiocarbonyl (C=S) groups is 1. The van der Waals surface area contributed by atoms with Crippen LogP contribution in [0.2, 0.25) is 0 Å². The Morgan fingerprint density at radius 1 is 1.47 bits per heavy atom. The van der Waals surface area contributed by atoms with Gasteiger partial charge < -0.3 is 5.32 Å². The third kappa shape index (κ3) is 2.79. The average Bonchev–Trinajstić information content (AvgIpc) is 2.45. The van der Waals surface area contributed by atoms with Gasteiger partial charge in [-0.15, -0.1) is 0 Å². The van der Waals surface area contributed by atoms with Gasteiger partial charge in [-0.1, -0.05) is 36.1 Å². The maximum absolute atomic E-state index is 11.4. The molecule has 1 heterocycles. The summed E-state index contributed by atoms with van der Waals surface area (Å²) in [6.45, 7) is 0. The van der Waals surface area contributed by atoms with Gasteiger partial charge in [0.1, 0.15) is 4.32 Å². The maximum atomic E-state index is 11.4. The Kier molecular flexibility index (Phi) is 3.42. The Bertz CT molecular complexity index is 470. The monoisotopic (exact) mass is 347 g/mol. The van der Waals surface area contributed by atoms with E-state index >= 15 is 0 Å². The van der Waals surface area contributed by atoms with Crippen LogP contribution in [-0.4, -0.2) is 10.2 Å². The number of amides is 1. The summed E-state index contributed by atoms with van der Waals surface area (Å²) in [5.41, 5.74) is 1.02. The molecule has 0 bridgehead atoms. The van der Waals surface area contributed by atoms with Crippen molar-refractivity contribution in [2.45, 2.75) is 0 Å². The van der Waals surface area contributed by atoms with Crippen molar-refractivity contribution in [3.8, 4) is 0 Å². The van der Waals surface area contributed by atoms with Crippen LogP contribution in [0.3, 0.4) is 0 Å². The molecule has 0 aromatic heterocycles. The molecule has 1 aliphatic heterocycles. The minimum absolute atomic E-state index is 0.108. The summed E-state index contributed by atoms with van der Waals surface area (Å²) in [5.74, 6) is -0.108. The smallest absolute Gasteiger partial charge is 0.263 e. The molecular weight excluding hydrogens is 341 g/mol. The molecule has 1 amide bonds. The molecule has 0 saturated carbocycles. The first kappa shape index (κ1) is 11.1. The second-order valence-electron chi connectivity index (χ2n) is 2.91. The first-order chi connectivity index (χ1) is 7.15. The fraction of sp³-hybridized carbons (Fsp3) is 0. The van der Waals surface area contributed by atoms with Crippen molar-refractivity contribution >= 4 is 62.9 Å². The lowest BCUT2D eigenvalue weighted by Crippen LogP contribution is -2.17. The largest absolute Gasteiger partial charge is 0.307 e. The van der Waals surface area contributed by atoms with E-state index in [1.54, 1.807) is 0 Å². The standard InChI is InChI=1S/C10H6INOS2/c11-7-3-1-2-6(4-7)5-8-9(13)12-10(14)15-8/h1-5H,(H,12,13,14)/b8-5-. The predicted molar refractivity (Wildman–Crippen MR) is 75.5 cm³/mol. The molecule has 76 valence electrons. The molecule has 2 rings (SSSR count). The van der Waals surface area contributed by atoms with E-state index in [-0.39, 0.29) is 5.91 Å². The van der Waals surface area contributed by atoms with Crippen molar-refractivity contribution in [1.82, 2.24) is 5.32 Å². The second-order valence-corrected chi connectivity index (χ2v) is 5.87. The Morgan fingerprint density at radius 3 is 2.87 bits per heavy atom. The van der Waals surface area contributed by atoms with Crippen LogP contribution in [-0.2, 0) is 4.79 Å². The Hall–Kier alpha value is -0.400. The van der Waals surface area contributed by atoms with E-state index in [9.17, 15) is 4.79 Å². The third-order valence-corrected chi connectivity index (χ3v) is 3.62. The minimum atomic E-state index is -0.108. The number of hydrogen-bond acceptors (Lipinski definition) is 3. The molecule has 0 aliphatic carbocycles. The van der Waals surface area contributed by atoms with Gasteiger partial charge in [0.05, 0.1) is 4.91 Å². The highest BCUT2D eigenvalue weighted by atomic mass is 127. The van der Waals surface area contributed by atoms with Crippen molar-refractivity contribution < 1.29 is 4.79 Å². The lowest BCUT2D eigenvalue weighted by molar-refractivity contribution is -0.115. The molecule has 0 spiro atoms. The summed E-state index contributed by atoms with van der Waals surface area (Å²) in [6.07, 6.45) is 1.85. The van der Waals surface area contributed by atoms with Crippen molar-refractivity contribution in [1.29, 1.82) is 0 Å². The molecule has 0 radical (unpaired) electrons. The van der Waals surface area contributed by atoms with Crippen molar-refractivity contribution in [2.75, 3.05) is 0 Å². The summed E-state index contributed by atoms with van der Waals surface area (Å²) in [4.78, 5) is 12.0. The van der Waals surface area contributed by atoms with Gasteiger partial charge in [-0.25, -0.2) is 0 Å². The second kappa shape index (κ2) is 4.63. The van der Waals surface area contributed by atoms with E-state index in [1.807, 2.05) is 30.3 Å². The Morgan fingerprint density at radius 2 is 2.27 bits per heavy atom. The highest BCUT2D eigenvalue weighted by Crippen LogP contribution is 2.26. The summed E-state index contributed by atoms with van der Waals surface area (Å²) < 4.78 is 1.67. The lowest BCUT2D eigenvalue weighted by atomic mass is 10.2. The number of halogens is 1. The van der Waals surface area contributed by atoms with Crippen LogP contribution >= 0.6 is 46.6 Å². The van der Waals surface area contributed by atoms with Gasteiger partial charge in [-0.2, -0.15) is 0 Å². The zero-order valence-electron chi connectivity index (χ0n) is 7.49. The van der Waals surface area contributed by atoms with Gasteiger partial charge in [0.2, 0.25) is 0 Å². The Labute approximate surface area is 111 Å². The maximum Gasteiger partial charge on any atom is 0.263 e. The summed E-state index contributed by atoms with van der Waals surface area (Å²) in [6, 6.07) is 7.95. The fourth-order valence-corrected chi connectivity index (χ4v) is 2.78. The van der Waals surface area contributed by atoms with Gasteiger partial charge in [-0.05, 0) is 46.4 Å². The predicted octanol–water partition coefficient (Wildman–Crippen LogP) is 2.78. The first-order valence-electron chi connectivity index (χ1n) is 4.15. The molecule has 1 fully saturated rings. The van der Waals surface area contributed by atoms with Gasteiger partial charge in [0.25, 0.3) is 5.91 Å². The van der Waals surface area contributed by atoms with Crippen LogP contribution in [0.4, 0.5) is 0 Å². The number of nitrogens with one attached hydrogen (secondary N) is 1. The van der Waals surface area contributed by atoms with E-state index in [0.29, 0.717) is 9.23 Å². The van der Waals surface area contributed by atoms with Crippen LogP contribution in [0, 0.1) is 3.57 Å². The van der Waals surface area contributed by atoms with E-state index in [1.165, 1.54) is 11.8 Å². The van der Waals surface area contributed by atoms with Crippen molar-refractivity contribution in [3.63, 3.8) is 0 Å². The quantitative estimate of drug-likeness (QED) is 0.481. The molecule has 1 aromatic carbocycles. The summed E-state index contributed by atoms with van der Waals surface area (Å²) in [5, 5.41) is 2.59. The molecular formula is C10H6INOS2. The molecule has 1 aromatic rings. The van der Waals surface area contributed by atoms with Crippen LogP contribution in [0.15, 0.2) is 29.2 Å². The van der Waals surface area contributed by atoms with E-state index in [0.717, 1.165) is 9.13 Å². The topological polar surface area (TPSA) is 29.1 Å². The molecule has 1 aliphatic rings. The van der Waals surface area contributed by atoms with Crippen molar-refractivity contribution in [3.05, 3.63) is 38.3 Å². The molecule has 5 heteroatoms. The first-order valence-corrected chi connectivity index (χ1v) is 6.46. The van der Waals surface area contributed by atoms with E-state index in [4.69, 9.17) is 12.2 Å². The number of hydrogen-bond donors (Lipinski definition) is 1. The molecule has 2 nitrogen and oxygen atoms in total. The van der Waals surface area contributed by atoms with Gasteiger partial charge in [0, 0.05) is 3.57 Å². The number of thioether (sulfide) groups is 1. The zero-order valence-corrected chi connectivity index (χ0v) is 11.3. The Balaban J connectivity index is 2.31. The average molecular weight is 347 g/mol. The lowest BCUT2D eigenvalue weighted by Gasteiger charge is -1.95. The normalized spacial score (nSPS) is 18.3. The van der Waals surface area contributed by atoms with Crippen molar-refractivity contribution in [2.24, 2.45) is 0 Å². The molecule has 1 N–H and O–H groups in total. The van der Waals surface area contributed by atoms with Gasteiger partial charge in [0.15, 0.2) is 0 Å². The van der Waals surface area contributed by atoms with Crippen LogP contribution in [0.25, 0.3) is 6.08 Å². The third-order valence-electron chi connectivity index (χ3n) is 1.79. The molecule has 0 atom stereocenters. The number of benzene rings is 1. The molecule has 15 heavy (non-hydrogen) atoms. The SMILES string of the molecule is O=C1NC(=S)S/C1=C\c1cccc(I)c1. The molecule has 0 unspecified atom stereocenters. The van der Waals surface area contributed by atoms with E-state index < -0.39 is 0 Å². The number of carbonyl (C=O) groups is 1. The zero-order chi connectivity index (χ0) is 10.8. The highest BCUT2D eigenvalue weighted by Gasteiger charge is 2.21. The van der Waals surface area contributed by atoms with E-state index in [2.05, 4.69) is 27.9 Å². The van der Waals surface area contributed by atoms with Gasteiger partial charge >= 0.3 is 0 Å². The molecule has 1 saturated heterocycles.